The maximum atomic E-state index is 9.42. The Balaban J connectivity index is 3.30. The Labute approximate surface area is 84.0 Å². The van der Waals surface area contributed by atoms with Gasteiger partial charge in [0.15, 0.2) is 11.5 Å². The summed E-state index contributed by atoms with van der Waals surface area (Å²) in [5.74, 6) is 0.228. The van der Waals surface area contributed by atoms with Crippen molar-refractivity contribution in [2.24, 2.45) is 5.73 Å². The average Bonchev–Trinajstić information content (AvgIpc) is 2.09. The number of hydrogen-bond acceptors (Lipinski definition) is 3. The molecule has 1 rings (SSSR count). The number of ether oxygens (including phenoxy) is 1. The van der Waals surface area contributed by atoms with Crippen molar-refractivity contribution in [3.63, 3.8) is 0 Å². The fourth-order valence-electron chi connectivity index (χ4n) is 0.885. The average molecular weight is 245 g/mol. The molecule has 4 N–H and O–H groups in total. The van der Waals surface area contributed by atoms with Crippen molar-refractivity contribution < 1.29 is 9.84 Å². The smallest absolute Gasteiger partial charge is 0.172 e. The van der Waals surface area contributed by atoms with E-state index in [1.165, 1.54) is 13.2 Å². The number of aromatic hydroxyl groups is 1. The molecule has 0 fully saturated rings. The summed E-state index contributed by atoms with van der Waals surface area (Å²) in [7, 11) is 1.44. The number of nitrogens with one attached hydrogen (secondary N) is 1. The monoisotopic (exact) mass is 244 g/mol. The van der Waals surface area contributed by atoms with Crippen molar-refractivity contribution in [2.45, 2.75) is 0 Å². The first kappa shape index (κ1) is 9.85. The van der Waals surface area contributed by atoms with Crippen LogP contribution in [0.5, 0.6) is 11.5 Å². The predicted octanol–water partition coefficient (Wildman–Crippen LogP) is 1.45. The molecular formula is C8H9BrN2O2. The van der Waals surface area contributed by atoms with Crippen molar-refractivity contribution in [2.75, 3.05) is 7.11 Å². The van der Waals surface area contributed by atoms with Crippen LogP contribution in [-0.2, 0) is 0 Å². The zero-order valence-electron chi connectivity index (χ0n) is 6.97. The quantitative estimate of drug-likeness (QED) is 0.545. The van der Waals surface area contributed by atoms with Crippen LogP contribution in [0.1, 0.15) is 5.56 Å². The Hall–Kier alpha value is -1.23. The molecule has 0 unspecified atom stereocenters. The molecule has 0 heterocycles. The van der Waals surface area contributed by atoms with Gasteiger partial charge in [0.1, 0.15) is 5.84 Å². The molecule has 0 atom stereocenters. The highest BCUT2D eigenvalue weighted by molar-refractivity contribution is 9.10. The highest BCUT2D eigenvalue weighted by Gasteiger charge is 2.09. The van der Waals surface area contributed by atoms with Crippen LogP contribution in [0.15, 0.2) is 16.6 Å². The first-order valence-corrected chi connectivity index (χ1v) is 4.26. The van der Waals surface area contributed by atoms with E-state index in [1.807, 2.05) is 0 Å². The Bertz CT molecular complexity index is 352. The van der Waals surface area contributed by atoms with Gasteiger partial charge in [0, 0.05) is 5.56 Å². The summed E-state index contributed by atoms with van der Waals surface area (Å²) in [5.41, 5.74) is 5.78. The lowest BCUT2D eigenvalue weighted by atomic mass is 10.2. The largest absolute Gasteiger partial charge is 0.503 e. The Morgan fingerprint density at radius 2 is 2.23 bits per heavy atom. The molecule has 0 aliphatic rings. The molecule has 0 saturated heterocycles. The summed E-state index contributed by atoms with van der Waals surface area (Å²) >= 11 is 3.12. The van der Waals surface area contributed by atoms with E-state index in [1.54, 1.807) is 6.07 Å². The van der Waals surface area contributed by atoms with Crippen LogP contribution in [0.25, 0.3) is 0 Å². The predicted molar refractivity (Wildman–Crippen MR) is 53.4 cm³/mol. The number of phenolic OH excluding ortho intramolecular Hbond substituents is 1. The van der Waals surface area contributed by atoms with Crippen molar-refractivity contribution >= 4 is 21.8 Å². The van der Waals surface area contributed by atoms with E-state index in [-0.39, 0.29) is 11.6 Å². The van der Waals surface area contributed by atoms with Crippen LogP contribution < -0.4 is 10.5 Å². The van der Waals surface area contributed by atoms with E-state index in [0.717, 1.165) is 0 Å². The molecule has 0 aliphatic carbocycles. The lowest BCUT2D eigenvalue weighted by Gasteiger charge is -2.07. The number of methoxy groups -OCH3 is 1. The minimum Gasteiger partial charge on any atom is -0.503 e. The number of phenols is 1. The van der Waals surface area contributed by atoms with Crippen molar-refractivity contribution in [3.8, 4) is 11.5 Å². The summed E-state index contributed by atoms with van der Waals surface area (Å²) in [6.07, 6.45) is 0. The molecule has 1 aromatic rings. The molecule has 0 spiro atoms. The topological polar surface area (TPSA) is 79.3 Å². The second kappa shape index (κ2) is 3.66. The van der Waals surface area contributed by atoms with E-state index < -0.39 is 0 Å². The maximum absolute atomic E-state index is 9.42. The summed E-state index contributed by atoms with van der Waals surface area (Å²) in [5, 5.41) is 16.6. The van der Waals surface area contributed by atoms with Crippen LogP contribution in [0, 0.1) is 5.41 Å². The van der Waals surface area contributed by atoms with Gasteiger partial charge in [-0.25, -0.2) is 0 Å². The molecule has 0 saturated carbocycles. The van der Waals surface area contributed by atoms with Gasteiger partial charge in [-0.2, -0.15) is 0 Å². The van der Waals surface area contributed by atoms with Gasteiger partial charge >= 0.3 is 0 Å². The van der Waals surface area contributed by atoms with Crippen LogP contribution in [0.4, 0.5) is 0 Å². The molecule has 0 aliphatic heterocycles. The Morgan fingerprint density at radius 1 is 1.62 bits per heavy atom. The van der Waals surface area contributed by atoms with Crippen molar-refractivity contribution in [3.05, 3.63) is 22.2 Å². The maximum Gasteiger partial charge on any atom is 0.172 e. The minimum atomic E-state index is -0.0704. The van der Waals surface area contributed by atoms with Crippen LogP contribution in [0.3, 0.4) is 0 Å². The molecule has 13 heavy (non-hydrogen) atoms. The zero-order chi connectivity index (χ0) is 10.0. The van der Waals surface area contributed by atoms with Crippen LogP contribution >= 0.6 is 15.9 Å². The van der Waals surface area contributed by atoms with Gasteiger partial charge in [-0.3, -0.25) is 5.41 Å². The third-order valence-electron chi connectivity index (χ3n) is 1.56. The van der Waals surface area contributed by atoms with Crippen molar-refractivity contribution in [1.82, 2.24) is 0 Å². The highest BCUT2D eigenvalue weighted by atomic mass is 79.9. The number of benzene rings is 1. The van der Waals surface area contributed by atoms with Gasteiger partial charge in [0.2, 0.25) is 0 Å². The van der Waals surface area contributed by atoms with Gasteiger partial charge in [-0.1, -0.05) is 0 Å². The third-order valence-corrected chi connectivity index (χ3v) is 2.16. The first-order chi connectivity index (χ1) is 6.06. The summed E-state index contributed by atoms with van der Waals surface area (Å²) in [6.45, 7) is 0. The molecule has 0 bridgehead atoms. The molecular weight excluding hydrogens is 236 g/mol. The molecule has 0 radical (unpaired) electrons. The summed E-state index contributed by atoms with van der Waals surface area (Å²) < 4.78 is 5.34. The lowest BCUT2D eigenvalue weighted by Crippen LogP contribution is -2.11. The summed E-state index contributed by atoms with van der Waals surface area (Å²) in [6, 6.07) is 3.06. The van der Waals surface area contributed by atoms with E-state index in [4.69, 9.17) is 15.9 Å². The Morgan fingerprint density at radius 3 is 2.69 bits per heavy atom. The van der Waals surface area contributed by atoms with Crippen molar-refractivity contribution in [1.29, 1.82) is 5.41 Å². The molecule has 1 aromatic carbocycles. The molecule has 70 valence electrons. The van der Waals surface area contributed by atoms with E-state index in [0.29, 0.717) is 15.8 Å². The van der Waals surface area contributed by atoms with E-state index >= 15 is 0 Å². The van der Waals surface area contributed by atoms with Crippen LogP contribution in [-0.4, -0.2) is 18.1 Å². The Kier molecular flexibility index (Phi) is 2.77. The first-order valence-electron chi connectivity index (χ1n) is 3.47. The van der Waals surface area contributed by atoms with Gasteiger partial charge in [0.25, 0.3) is 0 Å². The van der Waals surface area contributed by atoms with Gasteiger partial charge in [0.05, 0.1) is 11.6 Å². The number of hydrogen-bond donors (Lipinski definition) is 3. The van der Waals surface area contributed by atoms with Gasteiger partial charge in [-0.15, -0.1) is 0 Å². The number of nitrogen functional groups attached to an aromatic ring is 1. The van der Waals surface area contributed by atoms with E-state index in [9.17, 15) is 5.11 Å². The fraction of sp³-hybridized carbons (Fsp3) is 0.125. The zero-order valence-corrected chi connectivity index (χ0v) is 8.55. The highest BCUT2D eigenvalue weighted by Crippen LogP contribution is 2.34. The summed E-state index contributed by atoms with van der Waals surface area (Å²) in [4.78, 5) is 0. The second-order valence-electron chi connectivity index (χ2n) is 2.42. The number of halogens is 1. The standard InChI is InChI=1S/C8H9BrN2O2/c1-13-6-3-4(8(10)11)2-5(9)7(6)12/h2-3,12H,1H3,(H3,10,11). The molecule has 5 heteroatoms. The number of rotatable bonds is 2. The lowest BCUT2D eigenvalue weighted by molar-refractivity contribution is 0.372. The SMILES string of the molecule is COc1cc(C(=N)N)cc(Br)c1O. The van der Waals surface area contributed by atoms with Gasteiger partial charge in [-0.05, 0) is 28.1 Å². The molecule has 0 aromatic heterocycles. The third kappa shape index (κ3) is 1.92. The van der Waals surface area contributed by atoms with Crippen LogP contribution in [0.2, 0.25) is 0 Å². The normalized spacial score (nSPS) is 9.69. The van der Waals surface area contributed by atoms with E-state index in [2.05, 4.69) is 15.9 Å². The number of nitrogens with two attached hydrogens (primary N) is 1. The molecule has 4 nitrogen and oxygen atoms in total. The molecule has 0 amide bonds. The van der Waals surface area contributed by atoms with Gasteiger partial charge < -0.3 is 15.6 Å². The fourth-order valence-corrected chi connectivity index (χ4v) is 1.33. The second-order valence-corrected chi connectivity index (χ2v) is 3.28. The minimum absolute atomic E-state index is 0.00694. The number of amidine groups is 1.